The van der Waals surface area contributed by atoms with E-state index in [-0.39, 0.29) is 5.56 Å². The Hall–Kier alpha value is -2.21. The van der Waals surface area contributed by atoms with Crippen molar-refractivity contribution in [2.75, 3.05) is 0 Å². The van der Waals surface area contributed by atoms with Crippen LogP contribution in [-0.4, -0.2) is 30.9 Å². The van der Waals surface area contributed by atoms with E-state index in [2.05, 4.69) is 10.1 Å². The standard InChI is InChI=1S/C13H13N3O3/c17-11-7-3-6-10-14-12(15-16(10)11)8-4-1-2-5-9(8)13(18)19/h1-2,4-5,11,17H,3,6-7H2,(H,18,19). The lowest BCUT2D eigenvalue weighted by molar-refractivity contribution is 0.0648. The number of aromatic nitrogens is 3. The van der Waals surface area contributed by atoms with Crippen LogP contribution in [-0.2, 0) is 6.42 Å². The number of benzene rings is 1. The van der Waals surface area contributed by atoms with E-state index in [1.807, 2.05) is 0 Å². The number of nitrogens with zero attached hydrogens (tertiary/aromatic N) is 3. The number of rotatable bonds is 2. The summed E-state index contributed by atoms with van der Waals surface area (Å²) < 4.78 is 1.48. The second-order valence-electron chi connectivity index (χ2n) is 4.52. The molecule has 0 aliphatic carbocycles. The van der Waals surface area contributed by atoms with E-state index in [4.69, 9.17) is 0 Å². The zero-order chi connectivity index (χ0) is 13.4. The molecule has 1 aromatic heterocycles. The number of fused-ring (bicyclic) bond motifs is 1. The monoisotopic (exact) mass is 259 g/mol. The molecule has 2 heterocycles. The molecular formula is C13H13N3O3. The third-order valence-corrected chi connectivity index (χ3v) is 3.25. The van der Waals surface area contributed by atoms with Gasteiger partial charge >= 0.3 is 5.97 Å². The Morgan fingerprint density at radius 1 is 1.37 bits per heavy atom. The number of carbonyl (C=O) groups is 1. The van der Waals surface area contributed by atoms with Gasteiger partial charge < -0.3 is 10.2 Å². The number of hydrogen-bond donors (Lipinski definition) is 2. The molecule has 3 rings (SSSR count). The molecule has 1 unspecified atom stereocenters. The molecule has 6 nitrogen and oxygen atoms in total. The fourth-order valence-electron chi connectivity index (χ4n) is 2.31. The highest BCUT2D eigenvalue weighted by Gasteiger charge is 2.23. The van der Waals surface area contributed by atoms with Crippen molar-refractivity contribution in [3.05, 3.63) is 35.7 Å². The van der Waals surface area contributed by atoms with Gasteiger partial charge in [-0.1, -0.05) is 18.2 Å². The lowest BCUT2D eigenvalue weighted by atomic mass is 10.1. The van der Waals surface area contributed by atoms with Crippen molar-refractivity contribution in [3.8, 4) is 11.4 Å². The highest BCUT2D eigenvalue weighted by Crippen LogP contribution is 2.26. The van der Waals surface area contributed by atoms with Gasteiger partial charge in [0.25, 0.3) is 0 Å². The lowest BCUT2D eigenvalue weighted by Crippen LogP contribution is -2.18. The number of carboxylic acids is 1. The molecule has 1 aliphatic rings. The van der Waals surface area contributed by atoms with Gasteiger partial charge in [-0.2, -0.15) is 0 Å². The van der Waals surface area contributed by atoms with E-state index < -0.39 is 12.2 Å². The van der Waals surface area contributed by atoms with E-state index in [0.29, 0.717) is 23.6 Å². The van der Waals surface area contributed by atoms with Crippen LogP contribution in [0.1, 0.15) is 35.3 Å². The number of aliphatic hydroxyl groups is 1. The minimum Gasteiger partial charge on any atom is -0.478 e. The Balaban J connectivity index is 2.11. The van der Waals surface area contributed by atoms with Crippen LogP contribution in [0.5, 0.6) is 0 Å². The molecule has 0 saturated carbocycles. The highest BCUT2D eigenvalue weighted by atomic mass is 16.4. The van der Waals surface area contributed by atoms with Crippen molar-refractivity contribution in [2.45, 2.75) is 25.5 Å². The molecule has 0 bridgehead atoms. The predicted octanol–water partition coefficient (Wildman–Crippen LogP) is 1.47. The van der Waals surface area contributed by atoms with Gasteiger partial charge in [0, 0.05) is 12.0 Å². The van der Waals surface area contributed by atoms with Crippen molar-refractivity contribution in [2.24, 2.45) is 0 Å². The third kappa shape index (κ3) is 2.00. The van der Waals surface area contributed by atoms with Crippen LogP contribution in [0.2, 0.25) is 0 Å². The summed E-state index contributed by atoms with van der Waals surface area (Å²) in [6.45, 7) is 0. The van der Waals surface area contributed by atoms with Crippen molar-refractivity contribution < 1.29 is 15.0 Å². The Morgan fingerprint density at radius 2 is 2.16 bits per heavy atom. The average molecular weight is 259 g/mol. The van der Waals surface area contributed by atoms with Crippen molar-refractivity contribution >= 4 is 5.97 Å². The van der Waals surface area contributed by atoms with Crippen LogP contribution in [0.3, 0.4) is 0 Å². The number of carboxylic acid groups (broad SMARTS) is 1. The van der Waals surface area contributed by atoms with E-state index in [9.17, 15) is 15.0 Å². The Kier molecular flexibility index (Phi) is 2.79. The molecule has 0 spiro atoms. The first kappa shape index (κ1) is 11.9. The van der Waals surface area contributed by atoms with Gasteiger partial charge in [0.15, 0.2) is 5.82 Å². The van der Waals surface area contributed by atoms with Crippen LogP contribution >= 0.6 is 0 Å². The second-order valence-corrected chi connectivity index (χ2v) is 4.52. The van der Waals surface area contributed by atoms with Gasteiger partial charge in [0.2, 0.25) is 0 Å². The van der Waals surface area contributed by atoms with Crippen molar-refractivity contribution in [1.82, 2.24) is 14.8 Å². The average Bonchev–Trinajstić information content (AvgIpc) is 2.84. The first-order valence-corrected chi connectivity index (χ1v) is 6.13. The Bertz CT molecular complexity index is 636. The second kappa shape index (κ2) is 4.47. The summed E-state index contributed by atoms with van der Waals surface area (Å²) in [5.74, 6) is 0.0480. The predicted molar refractivity (Wildman–Crippen MR) is 66.6 cm³/mol. The smallest absolute Gasteiger partial charge is 0.336 e. The fraction of sp³-hybridized carbons (Fsp3) is 0.308. The van der Waals surface area contributed by atoms with E-state index in [1.165, 1.54) is 10.7 Å². The molecule has 6 heteroatoms. The van der Waals surface area contributed by atoms with Gasteiger partial charge in [-0.25, -0.2) is 14.5 Å². The maximum atomic E-state index is 11.2. The van der Waals surface area contributed by atoms with E-state index in [0.717, 1.165) is 12.8 Å². The summed E-state index contributed by atoms with van der Waals surface area (Å²) in [6, 6.07) is 6.61. The molecule has 2 N–H and O–H groups in total. The molecule has 0 saturated heterocycles. The van der Waals surface area contributed by atoms with Crippen LogP contribution < -0.4 is 0 Å². The van der Waals surface area contributed by atoms with Crippen LogP contribution in [0.25, 0.3) is 11.4 Å². The third-order valence-electron chi connectivity index (χ3n) is 3.25. The first-order valence-electron chi connectivity index (χ1n) is 6.13. The number of aliphatic hydroxyl groups excluding tert-OH is 1. The molecule has 0 radical (unpaired) electrons. The maximum Gasteiger partial charge on any atom is 0.336 e. The molecule has 98 valence electrons. The molecule has 1 aromatic carbocycles. The molecule has 19 heavy (non-hydrogen) atoms. The van der Waals surface area contributed by atoms with Crippen LogP contribution in [0.15, 0.2) is 24.3 Å². The van der Waals surface area contributed by atoms with Gasteiger partial charge in [-0.05, 0) is 18.9 Å². The minimum atomic E-state index is -1.01. The van der Waals surface area contributed by atoms with Gasteiger partial charge in [0.1, 0.15) is 12.1 Å². The number of aromatic carboxylic acids is 1. The molecular weight excluding hydrogens is 246 g/mol. The van der Waals surface area contributed by atoms with E-state index >= 15 is 0 Å². The summed E-state index contributed by atoms with van der Waals surface area (Å²) in [6.07, 6.45) is 1.59. The zero-order valence-electron chi connectivity index (χ0n) is 10.2. The largest absolute Gasteiger partial charge is 0.478 e. The first-order chi connectivity index (χ1) is 9.16. The minimum absolute atomic E-state index is 0.167. The summed E-state index contributed by atoms with van der Waals surface area (Å²) in [4.78, 5) is 15.5. The normalized spacial score (nSPS) is 18.1. The fourth-order valence-corrected chi connectivity index (χ4v) is 2.31. The van der Waals surface area contributed by atoms with Gasteiger partial charge in [0.05, 0.1) is 5.56 Å². The molecule has 1 atom stereocenters. The van der Waals surface area contributed by atoms with Crippen LogP contribution in [0, 0.1) is 0 Å². The molecule has 1 aliphatic heterocycles. The maximum absolute atomic E-state index is 11.2. The zero-order valence-corrected chi connectivity index (χ0v) is 10.2. The molecule has 0 fully saturated rings. The summed E-state index contributed by atoms with van der Waals surface area (Å²) in [5, 5.41) is 23.3. The summed E-state index contributed by atoms with van der Waals surface area (Å²) in [7, 11) is 0. The number of aryl methyl sites for hydroxylation is 1. The lowest BCUT2D eigenvalue weighted by Gasteiger charge is -2.17. The highest BCUT2D eigenvalue weighted by molar-refractivity contribution is 5.94. The topological polar surface area (TPSA) is 88.2 Å². The van der Waals surface area contributed by atoms with Crippen molar-refractivity contribution in [3.63, 3.8) is 0 Å². The molecule has 0 amide bonds. The summed E-state index contributed by atoms with van der Waals surface area (Å²) in [5.41, 5.74) is 0.643. The molecule has 2 aromatic rings. The van der Waals surface area contributed by atoms with Crippen molar-refractivity contribution in [1.29, 1.82) is 0 Å². The quantitative estimate of drug-likeness (QED) is 0.852. The SMILES string of the molecule is O=C(O)c1ccccc1-c1nc2n(n1)C(O)CCC2. The summed E-state index contributed by atoms with van der Waals surface area (Å²) >= 11 is 0. The van der Waals surface area contributed by atoms with Gasteiger partial charge in [-0.15, -0.1) is 5.10 Å². The Labute approximate surface area is 109 Å². The van der Waals surface area contributed by atoms with Gasteiger partial charge in [-0.3, -0.25) is 0 Å². The Morgan fingerprint density at radius 3 is 2.89 bits per heavy atom. The van der Waals surface area contributed by atoms with Crippen LogP contribution in [0.4, 0.5) is 0 Å². The number of hydrogen-bond acceptors (Lipinski definition) is 4. The van der Waals surface area contributed by atoms with E-state index in [1.54, 1.807) is 18.2 Å².